The monoisotopic (exact) mass is 444 g/mol. The Kier molecular flexibility index (Phi) is 6.82. The summed E-state index contributed by atoms with van der Waals surface area (Å²) in [6, 6.07) is 6.75. The van der Waals surface area contributed by atoms with Crippen molar-refractivity contribution in [2.45, 2.75) is 24.9 Å². The molecule has 1 aromatic carbocycles. The number of aryl methyl sites for hydroxylation is 1. The Morgan fingerprint density at radius 2 is 1.94 bits per heavy atom. The predicted molar refractivity (Wildman–Crippen MR) is 116 cm³/mol. The molecule has 11 nitrogen and oxygen atoms in total. The van der Waals surface area contributed by atoms with Gasteiger partial charge in [0.15, 0.2) is 0 Å². The van der Waals surface area contributed by atoms with Crippen LogP contribution in [-0.4, -0.2) is 48.2 Å². The van der Waals surface area contributed by atoms with E-state index in [0.717, 1.165) is 5.56 Å². The van der Waals surface area contributed by atoms with Crippen LogP contribution in [0, 0.1) is 6.92 Å². The minimum Gasteiger partial charge on any atom is -0.366 e. The lowest BCUT2D eigenvalue weighted by Gasteiger charge is -2.13. The van der Waals surface area contributed by atoms with Crippen molar-refractivity contribution in [3.05, 3.63) is 54.0 Å². The molecule has 2 aromatic heterocycles. The van der Waals surface area contributed by atoms with Crippen LogP contribution < -0.4 is 20.7 Å². The van der Waals surface area contributed by atoms with E-state index in [1.165, 1.54) is 11.7 Å². The molecule has 0 aliphatic rings. The summed E-state index contributed by atoms with van der Waals surface area (Å²) in [7, 11) is -0.634. The highest BCUT2D eigenvalue weighted by Crippen LogP contribution is 2.20. The summed E-state index contributed by atoms with van der Waals surface area (Å²) in [6.07, 6.45) is 4.89. The number of rotatable bonds is 9. The Morgan fingerprint density at radius 3 is 2.68 bits per heavy atom. The highest BCUT2D eigenvalue weighted by Gasteiger charge is 2.16. The van der Waals surface area contributed by atoms with Crippen molar-refractivity contribution in [2.75, 3.05) is 24.7 Å². The van der Waals surface area contributed by atoms with E-state index in [1.54, 1.807) is 49.9 Å². The van der Waals surface area contributed by atoms with Gasteiger partial charge in [-0.1, -0.05) is 18.2 Å². The van der Waals surface area contributed by atoms with E-state index in [2.05, 4.69) is 35.7 Å². The summed E-state index contributed by atoms with van der Waals surface area (Å²) in [6.45, 7) is 2.22. The summed E-state index contributed by atoms with van der Waals surface area (Å²) in [5, 5.41) is 12.9. The maximum Gasteiger partial charge on any atom is 0.241 e. The number of carbonyl (C=O) groups excluding carboxylic acids is 1. The number of aromatic nitrogens is 4. The van der Waals surface area contributed by atoms with Gasteiger partial charge in [0.2, 0.25) is 21.9 Å². The van der Waals surface area contributed by atoms with E-state index in [4.69, 9.17) is 0 Å². The van der Waals surface area contributed by atoms with Gasteiger partial charge in [0.05, 0.1) is 16.8 Å². The van der Waals surface area contributed by atoms with E-state index < -0.39 is 10.0 Å². The zero-order valence-corrected chi connectivity index (χ0v) is 18.2. The number of benzene rings is 1. The summed E-state index contributed by atoms with van der Waals surface area (Å²) >= 11 is 0. The second kappa shape index (κ2) is 9.53. The number of carbonyl (C=O) groups is 1. The molecule has 0 atom stereocenters. The number of likely N-dealkylation sites (N-methyl/N-ethyl adjacent to an activating group) is 1. The van der Waals surface area contributed by atoms with Gasteiger partial charge in [-0.25, -0.2) is 18.1 Å². The fourth-order valence-electron chi connectivity index (χ4n) is 2.75. The first-order chi connectivity index (χ1) is 14.8. The van der Waals surface area contributed by atoms with Crippen LogP contribution >= 0.6 is 0 Å². The molecule has 0 unspecified atom stereocenters. The maximum atomic E-state index is 12.2. The second-order valence-electron chi connectivity index (χ2n) is 6.62. The molecule has 0 bridgehead atoms. The fourth-order valence-corrected chi connectivity index (χ4v) is 3.72. The molecule has 31 heavy (non-hydrogen) atoms. The first-order valence-corrected chi connectivity index (χ1v) is 10.9. The third-order valence-corrected chi connectivity index (χ3v) is 5.94. The molecular formula is C19H24N8O3S. The van der Waals surface area contributed by atoms with Crippen molar-refractivity contribution in [3.8, 4) is 0 Å². The van der Waals surface area contributed by atoms with Crippen LogP contribution in [0.25, 0.3) is 0 Å². The van der Waals surface area contributed by atoms with Gasteiger partial charge in [-0.3, -0.25) is 9.48 Å². The lowest BCUT2D eigenvalue weighted by Crippen LogP contribution is -2.23. The van der Waals surface area contributed by atoms with E-state index in [0.29, 0.717) is 23.0 Å². The van der Waals surface area contributed by atoms with E-state index >= 15 is 0 Å². The Labute approximate surface area is 180 Å². The molecule has 3 rings (SSSR count). The normalized spacial score (nSPS) is 11.2. The zero-order valence-electron chi connectivity index (χ0n) is 17.4. The van der Waals surface area contributed by atoms with Crippen LogP contribution in [0.1, 0.15) is 11.1 Å². The molecular weight excluding hydrogens is 420 g/mol. The largest absolute Gasteiger partial charge is 0.366 e. The molecule has 0 saturated carbocycles. The first kappa shape index (κ1) is 22.2. The Bertz CT molecular complexity index is 1180. The van der Waals surface area contributed by atoms with Gasteiger partial charge in [0.1, 0.15) is 12.4 Å². The van der Waals surface area contributed by atoms with Crippen molar-refractivity contribution >= 4 is 33.4 Å². The number of sulfonamides is 1. The molecule has 4 N–H and O–H groups in total. The summed E-state index contributed by atoms with van der Waals surface area (Å²) < 4.78 is 28.3. The van der Waals surface area contributed by atoms with Crippen LogP contribution in [0.3, 0.4) is 0 Å². The molecule has 0 aliphatic carbocycles. The van der Waals surface area contributed by atoms with Crippen LogP contribution in [0.4, 0.5) is 17.5 Å². The number of hydrogen-bond acceptors (Lipinski definition) is 8. The minimum absolute atomic E-state index is 0.106. The standard InChI is InChI=1S/C19H24N8O3S/c1-13-8-23-19(25-15-10-24-27(11-15)12-17(28)20-2)26-18(13)22-9-14-6-4-5-7-16(14)31(29,30)21-3/h4-8,10-11,21H,9,12H2,1-3H3,(H,20,28)(H2,22,23,25,26). The molecule has 1 amide bonds. The average molecular weight is 445 g/mol. The lowest BCUT2D eigenvalue weighted by atomic mass is 10.2. The molecule has 0 saturated heterocycles. The van der Waals surface area contributed by atoms with Crippen molar-refractivity contribution in [1.82, 2.24) is 29.8 Å². The molecule has 164 valence electrons. The van der Waals surface area contributed by atoms with Gasteiger partial charge in [-0.05, 0) is 25.6 Å². The zero-order chi connectivity index (χ0) is 22.4. The van der Waals surface area contributed by atoms with Crippen LogP contribution in [0.5, 0.6) is 0 Å². The molecule has 2 heterocycles. The van der Waals surface area contributed by atoms with Gasteiger partial charge in [0, 0.05) is 31.5 Å². The molecule has 12 heteroatoms. The number of amides is 1. The number of nitrogens with one attached hydrogen (secondary N) is 4. The van der Waals surface area contributed by atoms with Crippen LogP contribution in [-0.2, 0) is 27.9 Å². The van der Waals surface area contributed by atoms with Gasteiger partial charge < -0.3 is 16.0 Å². The topological polar surface area (TPSA) is 143 Å². The highest BCUT2D eigenvalue weighted by molar-refractivity contribution is 7.89. The maximum absolute atomic E-state index is 12.2. The smallest absolute Gasteiger partial charge is 0.241 e. The summed E-state index contributed by atoms with van der Waals surface area (Å²) in [5.41, 5.74) is 2.04. The predicted octanol–water partition coefficient (Wildman–Crippen LogP) is 0.991. The van der Waals surface area contributed by atoms with Gasteiger partial charge >= 0.3 is 0 Å². The van der Waals surface area contributed by atoms with E-state index in [1.807, 2.05) is 6.92 Å². The Morgan fingerprint density at radius 1 is 1.16 bits per heavy atom. The number of nitrogens with zero attached hydrogens (tertiary/aromatic N) is 4. The van der Waals surface area contributed by atoms with Crippen LogP contribution in [0.2, 0.25) is 0 Å². The van der Waals surface area contributed by atoms with Crippen molar-refractivity contribution in [3.63, 3.8) is 0 Å². The van der Waals surface area contributed by atoms with Gasteiger partial charge in [-0.2, -0.15) is 10.1 Å². The molecule has 0 radical (unpaired) electrons. The van der Waals surface area contributed by atoms with E-state index in [9.17, 15) is 13.2 Å². The Balaban J connectivity index is 1.74. The van der Waals surface area contributed by atoms with Crippen molar-refractivity contribution in [1.29, 1.82) is 0 Å². The second-order valence-corrected chi connectivity index (χ2v) is 8.47. The third-order valence-electron chi connectivity index (χ3n) is 4.42. The highest BCUT2D eigenvalue weighted by atomic mass is 32.2. The Hall–Kier alpha value is -3.51. The quantitative estimate of drug-likeness (QED) is 0.383. The molecule has 0 spiro atoms. The molecule has 0 aliphatic heterocycles. The fraction of sp³-hybridized carbons (Fsp3) is 0.263. The first-order valence-electron chi connectivity index (χ1n) is 9.41. The van der Waals surface area contributed by atoms with Crippen LogP contribution in [0.15, 0.2) is 47.8 Å². The minimum atomic E-state index is -3.57. The summed E-state index contributed by atoms with van der Waals surface area (Å²) in [4.78, 5) is 20.4. The van der Waals surface area contributed by atoms with Crippen molar-refractivity contribution < 1.29 is 13.2 Å². The molecule has 3 aromatic rings. The van der Waals surface area contributed by atoms with Gasteiger partial charge in [-0.15, -0.1) is 0 Å². The lowest BCUT2D eigenvalue weighted by molar-refractivity contribution is -0.121. The number of hydrogen-bond donors (Lipinski definition) is 4. The molecule has 0 fully saturated rings. The summed E-state index contributed by atoms with van der Waals surface area (Å²) in [5.74, 6) is 0.740. The average Bonchev–Trinajstić information content (AvgIpc) is 3.20. The number of anilines is 3. The van der Waals surface area contributed by atoms with Gasteiger partial charge in [0.25, 0.3) is 0 Å². The third kappa shape index (κ3) is 5.55. The van der Waals surface area contributed by atoms with E-state index in [-0.39, 0.29) is 23.9 Å². The van der Waals surface area contributed by atoms with Crippen molar-refractivity contribution in [2.24, 2.45) is 0 Å². The SMILES string of the molecule is CNC(=O)Cn1cc(Nc2ncc(C)c(NCc3ccccc3S(=O)(=O)NC)n2)cn1.